The van der Waals surface area contributed by atoms with Crippen molar-refractivity contribution in [3.05, 3.63) is 24.3 Å². The summed E-state index contributed by atoms with van der Waals surface area (Å²) in [6, 6.07) is 6.81. The van der Waals surface area contributed by atoms with Crippen LogP contribution >= 0.6 is 0 Å². The van der Waals surface area contributed by atoms with Crippen LogP contribution in [0.3, 0.4) is 0 Å². The van der Waals surface area contributed by atoms with Crippen LogP contribution in [0.2, 0.25) is 0 Å². The molecule has 1 rings (SSSR count). The molecular formula is C13H19F2N3O2. The van der Waals surface area contributed by atoms with Crippen LogP contribution in [0.4, 0.5) is 20.2 Å². The average molecular weight is 287 g/mol. The number of carbonyl (C=O) groups is 1. The monoisotopic (exact) mass is 287 g/mol. The second-order valence-corrected chi connectivity index (χ2v) is 4.30. The van der Waals surface area contributed by atoms with E-state index in [1.165, 1.54) is 4.90 Å². The van der Waals surface area contributed by atoms with E-state index in [0.717, 1.165) is 0 Å². The number of amides is 1. The second kappa shape index (κ2) is 8.44. The minimum Gasteiger partial charge on any atom is -0.397 e. The third kappa shape index (κ3) is 5.94. The molecule has 0 radical (unpaired) electrons. The van der Waals surface area contributed by atoms with Crippen molar-refractivity contribution in [2.24, 2.45) is 0 Å². The number of halogens is 2. The Kier molecular flexibility index (Phi) is 6.89. The standard InChI is InChI=1S/C13H19F2N3O2/c14-12(15)9-18(7-8-19)6-5-13(20)17-11-4-2-1-3-10(11)16/h1-4,12,19H,5-9,16H2,(H,17,20). The number of anilines is 2. The Morgan fingerprint density at radius 1 is 1.35 bits per heavy atom. The number of nitrogens with two attached hydrogens (primary N) is 1. The fourth-order valence-electron chi connectivity index (χ4n) is 1.71. The molecule has 112 valence electrons. The molecule has 1 aromatic carbocycles. The van der Waals surface area contributed by atoms with Crippen LogP contribution in [0.25, 0.3) is 0 Å². The van der Waals surface area contributed by atoms with Crippen LogP contribution in [0, 0.1) is 0 Å². The van der Waals surface area contributed by atoms with Crippen molar-refractivity contribution < 1.29 is 18.7 Å². The van der Waals surface area contributed by atoms with Crippen molar-refractivity contribution in [2.45, 2.75) is 12.8 Å². The van der Waals surface area contributed by atoms with Gasteiger partial charge < -0.3 is 16.2 Å². The lowest BCUT2D eigenvalue weighted by molar-refractivity contribution is -0.116. The summed E-state index contributed by atoms with van der Waals surface area (Å²) in [6.45, 7) is -0.407. The maximum Gasteiger partial charge on any atom is 0.251 e. The lowest BCUT2D eigenvalue weighted by Gasteiger charge is -2.20. The predicted octanol–water partition coefficient (Wildman–Crippen LogP) is 1.16. The van der Waals surface area contributed by atoms with E-state index in [1.54, 1.807) is 24.3 Å². The van der Waals surface area contributed by atoms with Gasteiger partial charge >= 0.3 is 0 Å². The summed E-state index contributed by atoms with van der Waals surface area (Å²) in [7, 11) is 0. The Morgan fingerprint density at radius 3 is 2.65 bits per heavy atom. The van der Waals surface area contributed by atoms with Gasteiger partial charge in [0, 0.05) is 19.5 Å². The molecule has 1 amide bonds. The number of carbonyl (C=O) groups excluding carboxylic acids is 1. The molecule has 5 nitrogen and oxygen atoms in total. The van der Waals surface area contributed by atoms with Crippen molar-refractivity contribution in [2.75, 3.05) is 37.3 Å². The molecule has 20 heavy (non-hydrogen) atoms. The van der Waals surface area contributed by atoms with Gasteiger partial charge in [-0.25, -0.2) is 8.78 Å². The van der Waals surface area contributed by atoms with Gasteiger partial charge in [-0.15, -0.1) is 0 Å². The molecule has 0 aliphatic heterocycles. The molecule has 0 aliphatic rings. The van der Waals surface area contributed by atoms with Crippen LogP contribution < -0.4 is 11.1 Å². The molecule has 0 spiro atoms. The molecule has 0 fully saturated rings. The molecule has 0 aliphatic carbocycles. The zero-order valence-corrected chi connectivity index (χ0v) is 11.1. The number of alkyl halides is 2. The lowest BCUT2D eigenvalue weighted by atomic mass is 10.2. The first-order valence-electron chi connectivity index (χ1n) is 6.28. The van der Waals surface area contributed by atoms with E-state index < -0.39 is 13.0 Å². The van der Waals surface area contributed by atoms with E-state index in [4.69, 9.17) is 10.8 Å². The Hall–Kier alpha value is -1.73. The Balaban J connectivity index is 2.43. The third-order valence-corrected chi connectivity index (χ3v) is 2.70. The van der Waals surface area contributed by atoms with E-state index in [-0.39, 0.29) is 32.0 Å². The highest BCUT2D eigenvalue weighted by Crippen LogP contribution is 2.16. The first-order chi connectivity index (χ1) is 9.52. The number of para-hydroxylation sites is 2. The van der Waals surface area contributed by atoms with Gasteiger partial charge in [0.05, 0.1) is 24.5 Å². The smallest absolute Gasteiger partial charge is 0.251 e. The summed E-state index contributed by atoms with van der Waals surface area (Å²) in [5, 5.41) is 11.4. The molecular weight excluding hydrogens is 268 g/mol. The molecule has 0 bridgehead atoms. The van der Waals surface area contributed by atoms with Crippen LogP contribution in [-0.4, -0.2) is 48.6 Å². The topological polar surface area (TPSA) is 78.6 Å². The van der Waals surface area contributed by atoms with Gasteiger partial charge in [-0.3, -0.25) is 9.69 Å². The third-order valence-electron chi connectivity index (χ3n) is 2.70. The zero-order chi connectivity index (χ0) is 15.0. The van der Waals surface area contributed by atoms with Gasteiger partial charge in [0.15, 0.2) is 0 Å². The second-order valence-electron chi connectivity index (χ2n) is 4.30. The molecule has 0 unspecified atom stereocenters. The van der Waals surface area contributed by atoms with Gasteiger partial charge in [-0.1, -0.05) is 12.1 Å². The molecule has 0 saturated heterocycles. The highest BCUT2D eigenvalue weighted by Gasteiger charge is 2.13. The average Bonchev–Trinajstić information content (AvgIpc) is 2.38. The van der Waals surface area contributed by atoms with E-state index >= 15 is 0 Å². The van der Waals surface area contributed by atoms with Crippen molar-refractivity contribution in [3.8, 4) is 0 Å². The number of nitrogens with zero attached hydrogens (tertiary/aromatic N) is 1. The number of rotatable bonds is 8. The largest absolute Gasteiger partial charge is 0.397 e. The normalized spacial score (nSPS) is 11.1. The molecule has 1 aromatic rings. The summed E-state index contributed by atoms with van der Waals surface area (Å²) in [4.78, 5) is 13.1. The van der Waals surface area contributed by atoms with Crippen molar-refractivity contribution >= 4 is 17.3 Å². The van der Waals surface area contributed by atoms with Gasteiger partial charge in [-0.05, 0) is 12.1 Å². The van der Waals surface area contributed by atoms with Gasteiger partial charge in [0.2, 0.25) is 5.91 Å². The number of aliphatic hydroxyl groups is 1. The summed E-state index contributed by atoms with van der Waals surface area (Å²) < 4.78 is 24.6. The SMILES string of the molecule is Nc1ccccc1NC(=O)CCN(CCO)CC(F)F. The predicted molar refractivity (Wildman–Crippen MR) is 73.6 cm³/mol. The van der Waals surface area contributed by atoms with Crippen molar-refractivity contribution in [1.82, 2.24) is 4.90 Å². The van der Waals surface area contributed by atoms with E-state index in [0.29, 0.717) is 11.4 Å². The number of hydrogen-bond donors (Lipinski definition) is 3. The van der Waals surface area contributed by atoms with Crippen molar-refractivity contribution in [1.29, 1.82) is 0 Å². The highest BCUT2D eigenvalue weighted by atomic mass is 19.3. The summed E-state index contributed by atoms with van der Waals surface area (Å²) in [5.74, 6) is -0.305. The van der Waals surface area contributed by atoms with Gasteiger partial charge in [0.25, 0.3) is 6.43 Å². The molecule has 0 heterocycles. The number of nitrogens with one attached hydrogen (secondary N) is 1. The Labute approximate surface area is 116 Å². The van der Waals surface area contributed by atoms with Gasteiger partial charge in [-0.2, -0.15) is 0 Å². The highest BCUT2D eigenvalue weighted by molar-refractivity contribution is 5.93. The molecule has 0 saturated carbocycles. The minimum absolute atomic E-state index is 0.0566. The van der Waals surface area contributed by atoms with E-state index in [1.807, 2.05) is 0 Å². The maximum absolute atomic E-state index is 12.3. The number of hydrogen-bond acceptors (Lipinski definition) is 4. The quantitative estimate of drug-likeness (QED) is 0.627. The summed E-state index contributed by atoms with van der Waals surface area (Å²) >= 11 is 0. The zero-order valence-electron chi connectivity index (χ0n) is 11.1. The number of nitrogen functional groups attached to an aromatic ring is 1. The Bertz CT molecular complexity index is 430. The molecule has 4 N–H and O–H groups in total. The summed E-state index contributed by atoms with van der Waals surface area (Å²) in [5.41, 5.74) is 6.63. The minimum atomic E-state index is -2.49. The fourth-order valence-corrected chi connectivity index (χ4v) is 1.71. The van der Waals surface area contributed by atoms with Crippen LogP contribution in [0.1, 0.15) is 6.42 Å². The van der Waals surface area contributed by atoms with Crippen molar-refractivity contribution in [3.63, 3.8) is 0 Å². The summed E-state index contributed by atoms with van der Waals surface area (Å²) in [6.07, 6.45) is -2.43. The number of benzene rings is 1. The molecule has 0 aromatic heterocycles. The molecule has 0 atom stereocenters. The molecule has 7 heteroatoms. The van der Waals surface area contributed by atoms with Crippen LogP contribution in [0.5, 0.6) is 0 Å². The first-order valence-corrected chi connectivity index (χ1v) is 6.28. The first kappa shape index (κ1) is 16.3. The lowest BCUT2D eigenvalue weighted by Crippen LogP contribution is -2.34. The fraction of sp³-hybridized carbons (Fsp3) is 0.462. The maximum atomic E-state index is 12.3. The Morgan fingerprint density at radius 2 is 2.05 bits per heavy atom. The van der Waals surface area contributed by atoms with Gasteiger partial charge in [0.1, 0.15) is 0 Å². The van der Waals surface area contributed by atoms with E-state index in [2.05, 4.69) is 5.32 Å². The van der Waals surface area contributed by atoms with E-state index in [9.17, 15) is 13.6 Å². The van der Waals surface area contributed by atoms with Crippen LogP contribution in [-0.2, 0) is 4.79 Å². The van der Waals surface area contributed by atoms with Crippen LogP contribution in [0.15, 0.2) is 24.3 Å². The number of aliphatic hydroxyl groups excluding tert-OH is 1.